The van der Waals surface area contributed by atoms with Gasteiger partial charge in [-0.05, 0) is 18.6 Å². The van der Waals surface area contributed by atoms with Crippen molar-refractivity contribution in [2.24, 2.45) is 0 Å². The molecule has 0 bridgehead atoms. The highest BCUT2D eigenvalue weighted by atomic mass is 35.5. The van der Waals surface area contributed by atoms with Gasteiger partial charge in [0.15, 0.2) is 0 Å². The number of hydrogen-bond acceptors (Lipinski definition) is 2. The van der Waals surface area contributed by atoms with E-state index in [1.165, 1.54) is 11.3 Å². The number of likely N-dealkylation sites (tertiary alicyclic amines) is 1. The van der Waals surface area contributed by atoms with Gasteiger partial charge >= 0.3 is 0 Å². The smallest absolute Gasteiger partial charge is 0.263 e. The zero-order chi connectivity index (χ0) is 8.55. The summed E-state index contributed by atoms with van der Waals surface area (Å²) in [4.78, 5) is 14.1. The van der Waals surface area contributed by atoms with Gasteiger partial charge in [0, 0.05) is 13.1 Å². The van der Waals surface area contributed by atoms with Crippen LogP contribution in [0.3, 0.4) is 0 Å². The summed E-state index contributed by atoms with van der Waals surface area (Å²) in [5.41, 5.74) is 0. The first-order valence-corrected chi connectivity index (χ1v) is 5.01. The molecule has 1 saturated heterocycles. The van der Waals surface area contributed by atoms with Gasteiger partial charge in [0.2, 0.25) is 0 Å². The third-order valence-electron chi connectivity index (χ3n) is 1.93. The molecule has 2 nitrogen and oxygen atoms in total. The lowest BCUT2D eigenvalue weighted by atomic mass is 10.2. The second-order valence-electron chi connectivity index (χ2n) is 2.75. The summed E-state index contributed by atoms with van der Waals surface area (Å²) in [6.07, 6.45) is 1.13. The summed E-state index contributed by atoms with van der Waals surface area (Å²) < 4.78 is 0.680. The lowest BCUT2D eigenvalue weighted by Gasteiger charge is -2.30. The fraction of sp³-hybridized carbons (Fsp3) is 0.375. The first kappa shape index (κ1) is 8.08. The zero-order valence-corrected chi connectivity index (χ0v) is 7.99. The molecule has 0 radical (unpaired) electrons. The number of amides is 1. The van der Waals surface area contributed by atoms with Gasteiger partial charge in [-0.3, -0.25) is 4.79 Å². The molecule has 1 aromatic heterocycles. The van der Waals surface area contributed by atoms with Crippen LogP contribution in [0.4, 0.5) is 0 Å². The summed E-state index contributed by atoms with van der Waals surface area (Å²) in [7, 11) is 0. The van der Waals surface area contributed by atoms with E-state index in [-0.39, 0.29) is 5.91 Å². The Morgan fingerprint density at radius 1 is 1.50 bits per heavy atom. The minimum absolute atomic E-state index is 0.123. The zero-order valence-electron chi connectivity index (χ0n) is 6.42. The fourth-order valence-electron chi connectivity index (χ4n) is 1.10. The average Bonchev–Trinajstić information content (AvgIpc) is 2.31. The van der Waals surface area contributed by atoms with Crippen LogP contribution in [0.1, 0.15) is 16.1 Å². The number of nitrogens with zero attached hydrogens (tertiary/aromatic N) is 1. The molecule has 0 aromatic carbocycles. The second-order valence-corrected chi connectivity index (χ2v) is 4.46. The molecule has 0 aliphatic carbocycles. The van der Waals surface area contributed by atoms with E-state index in [4.69, 9.17) is 11.6 Å². The maximum absolute atomic E-state index is 11.5. The fourth-order valence-corrected chi connectivity index (χ4v) is 2.12. The summed E-state index contributed by atoms with van der Waals surface area (Å²) in [5, 5.41) is 0. The van der Waals surface area contributed by atoms with Crippen molar-refractivity contribution in [3.63, 3.8) is 0 Å². The van der Waals surface area contributed by atoms with Crippen molar-refractivity contribution in [3.05, 3.63) is 21.3 Å². The van der Waals surface area contributed by atoms with E-state index in [0.717, 1.165) is 24.4 Å². The maximum atomic E-state index is 11.5. The Kier molecular flexibility index (Phi) is 2.07. The lowest BCUT2D eigenvalue weighted by molar-refractivity contribution is 0.0657. The molecule has 0 spiro atoms. The molecule has 0 N–H and O–H groups in total. The molecule has 1 aliphatic rings. The Morgan fingerprint density at radius 2 is 2.25 bits per heavy atom. The predicted octanol–water partition coefficient (Wildman–Crippen LogP) is 2.25. The molecule has 2 heterocycles. The van der Waals surface area contributed by atoms with Gasteiger partial charge in [0.05, 0.1) is 9.21 Å². The van der Waals surface area contributed by atoms with Crippen molar-refractivity contribution >= 4 is 28.8 Å². The van der Waals surface area contributed by atoms with Gasteiger partial charge < -0.3 is 4.90 Å². The van der Waals surface area contributed by atoms with Crippen LogP contribution in [-0.4, -0.2) is 23.9 Å². The summed E-state index contributed by atoms with van der Waals surface area (Å²) in [6, 6.07) is 3.55. The molecule has 1 aromatic rings. The van der Waals surface area contributed by atoms with Crippen LogP contribution in [0, 0.1) is 0 Å². The number of carbonyl (C=O) groups is 1. The van der Waals surface area contributed by atoms with Gasteiger partial charge in [0.1, 0.15) is 0 Å². The largest absolute Gasteiger partial charge is 0.338 e. The Morgan fingerprint density at radius 3 is 2.67 bits per heavy atom. The van der Waals surface area contributed by atoms with Crippen molar-refractivity contribution in [1.82, 2.24) is 4.90 Å². The molecule has 0 unspecified atom stereocenters. The molecular weight excluding hydrogens is 194 g/mol. The standard InChI is InChI=1S/C8H8ClNOS/c9-7-3-2-6(12-7)8(11)10-4-1-5-10/h2-3H,1,4-5H2. The Hall–Kier alpha value is -0.540. The first-order valence-electron chi connectivity index (χ1n) is 3.82. The van der Waals surface area contributed by atoms with Crippen LogP contribution < -0.4 is 0 Å². The number of rotatable bonds is 1. The van der Waals surface area contributed by atoms with Gasteiger partial charge in [0.25, 0.3) is 5.91 Å². The van der Waals surface area contributed by atoms with Gasteiger partial charge in [-0.1, -0.05) is 11.6 Å². The Bertz CT molecular complexity index is 306. The van der Waals surface area contributed by atoms with Crippen LogP contribution in [0.5, 0.6) is 0 Å². The minimum Gasteiger partial charge on any atom is -0.338 e. The quantitative estimate of drug-likeness (QED) is 0.683. The van der Waals surface area contributed by atoms with E-state index in [1.807, 2.05) is 4.90 Å². The molecule has 12 heavy (non-hydrogen) atoms. The Labute approximate surface area is 79.8 Å². The molecule has 0 saturated carbocycles. The molecule has 0 atom stereocenters. The highest BCUT2D eigenvalue weighted by molar-refractivity contribution is 7.17. The molecular formula is C8H8ClNOS. The highest BCUT2D eigenvalue weighted by Gasteiger charge is 2.22. The van der Waals surface area contributed by atoms with Crippen molar-refractivity contribution < 1.29 is 4.79 Å². The monoisotopic (exact) mass is 201 g/mol. The van der Waals surface area contributed by atoms with Crippen molar-refractivity contribution in [2.75, 3.05) is 13.1 Å². The third-order valence-corrected chi connectivity index (χ3v) is 3.15. The van der Waals surface area contributed by atoms with Crippen molar-refractivity contribution in [1.29, 1.82) is 0 Å². The molecule has 64 valence electrons. The van der Waals surface area contributed by atoms with Gasteiger partial charge in [-0.15, -0.1) is 11.3 Å². The topological polar surface area (TPSA) is 20.3 Å². The molecule has 4 heteroatoms. The molecule has 1 fully saturated rings. The molecule has 2 rings (SSSR count). The van der Waals surface area contributed by atoms with Gasteiger partial charge in [-0.25, -0.2) is 0 Å². The third kappa shape index (κ3) is 1.34. The number of hydrogen-bond donors (Lipinski definition) is 0. The highest BCUT2D eigenvalue weighted by Crippen LogP contribution is 2.24. The first-order chi connectivity index (χ1) is 5.77. The number of thiophene rings is 1. The minimum atomic E-state index is 0.123. The summed E-state index contributed by atoms with van der Waals surface area (Å²) in [5.74, 6) is 0.123. The van der Waals surface area contributed by atoms with Crippen molar-refractivity contribution in [3.8, 4) is 0 Å². The average molecular weight is 202 g/mol. The number of halogens is 1. The SMILES string of the molecule is O=C(c1ccc(Cl)s1)N1CCC1. The van der Waals surface area contributed by atoms with E-state index >= 15 is 0 Å². The lowest BCUT2D eigenvalue weighted by Crippen LogP contribution is -2.41. The summed E-state index contributed by atoms with van der Waals surface area (Å²) in [6.45, 7) is 1.79. The normalized spacial score (nSPS) is 15.9. The molecule has 1 amide bonds. The van der Waals surface area contributed by atoms with Gasteiger partial charge in [-0.2, -0.15) is 0 Å². The van der Waals surface area contributed by atoms with Crippen LogP contribution in [0.15, 0.2) is 12.1 Å². The van der Waals surface area contributed by atoms with E-state index in [2.05, 4.69) is 0 Å². The van der Waals surface area contributed by atoms with E-state index in [0.29, 0.717) is 4.34 Å². The molecule has 1 aliphatic heterocycles. The van der Waals surface area contributed by atoms with Crippen LogP contribution in [-0.2, 0) is 0 Å². The van der Waals surface area contributed by atoms with Crippen LogP contribution in [0.25, 0.3) is 0 Å². The van der Waals surface area contributed by atoms with E-state index in [1.54, 1.807) is 12.1 Å². The van der Waals surface area contributed by atoms with Crippen LogP contribution >= 0.6 is 22.9 Å². The van der Waals surface area contributed by atoms with Crippen molar-refractivity contribution in [2.45, 2.75) is 6.42 Å². The van der Waals surface area contributed by atoms with E-state index < -0.39 is 0 Å². The Balaban J connectivity index is 2.13. The van der Waals surface area contributed by atoms with Crippen LogP contribution in [0.2, 0.25) is 4.34 Å². The summed E-state index contributed by atoms with van der Waals surface area (Å²) >= 11 is 7.07. The predicted molar refractivity (Wildman–Crippen MR) is 49.8 cm³/mol. The maximum Gasteiger partial charge on any atom is 0.263 e. The number of carbonyl (C=O) groups excluding carboxylic acids is 1. The second kappa shape index (κ2) is 3.07. The van der Waals surface area contributed by atoms with E-state index in [9.17, 15) is 4.79 Å².